The van der Waals surface area contributed by atoms with Crippen molar-refractivity contribution in [2.24, 2.45) is 17.6 Å². The molecule has 1 heterocycles. The molecule has 3 aliphatic rings. The quantitative estimate of drug-likeness (QED) is 0.768. The zero-order chi connectivity index (χ0) is 10.3. The van der Waals surface area contributed by atoms with E-state index in [1.54, 1.807) is 0 Å². The lowest BCUT2D eigenvalue weighted by Crippen LogP contribution is -2.36. The fourth-order valence-electron chi connectivity index (χ4n) is 3.79. The monoisotopic (exact) mass is 208 g/mol. The van der Waals surface area contributed by atoms with Crippen LogP contribution in [0.5, 0.6) is 0 Å². The molecule has 3 rings (SSSR count). The van der Waals surface area contributed by atoms with E-state index in [4.69, 9.17) is 5.73 Å². The molecular weight excluding hydrogens is 184 g/mol. The standard InChI is InChI=1S/C13H24N2/c14-8-10-7-13(11-3-1-2-4-11)15(9-10)12-5-6-12/h10-13H,1-9,14H2. The summed E-state index contributed by atoms with van der Waals surface area (Å²) in [4.78, 5) is 2.83. The van der Waals surface area contributed by atoms with E-state index >= 15 is 0 Å². The maximum atomic E-state index is 5.85. The Morgan fingerprint density at radius 2 is 1.80 bits per heavy atom. The van der Waals surface area contributed by atoms with Gasteiger partial charge in [0.05, 0.1) is 0 Å². The molecule has 0 aromatic heterocycles. The van der Waals surface area contributed by atoms with E-state index in [-0.39, 0.29) is 0 Å². The average Bonchev–Trinajstić information content (AvgIpc) is 2.83. The zero-order valence-corrected chi connectivity index (χ0v) is 9.70. The summed E-state index contributed by atoms with van der Waals surface area (Å²) in [6.07, 6.45) is 10.3. The van der Waals surface area contributed by atoms with E-state index < -0.39 is 0 Å². The Morgan fingerprint density at radius 3 is 2.40 bits per heavy atom. The van der Waals surface area contributed by atoms with Gasteiger partial charge in [-0.15, -0.1) is 0 Å². The second-order valence-electron chi connectivity index (χ2n) is 5.88. The molecule has 2 aliphatic carbocycles. The Bertz CT molecular complexity index is 219. The van der Waals surface area contributed by atoms with Gasteiger partial charge in [-0.05, 0) is 50.5 Å². The van der Waals surface area contributed by atoms with E-state index in [2.05, 4.69) is 4.90 Å². The molecule has 0 spiro atoms. The van der Waals surface area contributed by atoms with Crippen LogP contribution >= 0.6 is 0 Å². The van der Waals surface area contributed by atoms with E-state index in [1.807, 2.05) is 0 Å². The Balaban J connectivity index is 1.67. The van der Waals surface area contributed by atoms with Crippen molar-refractivity contribution >= 4 is 0 Å². The first-order chi connectivity index (χ1) is 7.38. The third-order valence-corrected chi connectivity index (χ3v) is 4.76. The summed E-state index contributed by atoms with van der Waals surface area (Å²) in [6.45, 7) is 2.22. The van der Waals surface area contributed by atoms with Crippen LogP contribution < -0.4 is 5.73 Å². The smallest absolute Gasteiger partial charge is 0.0130 e. The lowest BCUT2D eigenvalue weighted by molar-refractivity contribution is 0.181. The molecule has 15 heavy (non-hydrogen) atoms. The maximum absolute atomic E-state index is 5.85. The van der Waals surface area contributed by atoms with Crippen molar-refractivity contribution in [2.75, 3.05) is 13.1 Å². The van der Waals surface area contributed by atoms with Gasteiger partial charge in [0.1, 0.15) is 0 Å². The van der Waals surface area contributed by atoms with Gasteiger partial charge >= 0.3 is 0 Å². The molecule has 2 atom stereocenters. The van der Waals surface area contributed by atoms with Crippen LogP contribution in [0.2, 0.25) is 0 Å². The lowest BCUT2D eigenvalue weighted by Gasteiger charge is -2.29. The van der Waals surface area contributed by atoms with Gasteiger partial charge in [-0.3, -0.25) is 4.90 Å². The Morgan fingerprint density at radius 1 is 1.07 bits per heavy atom. The van der Waals surface area contributed by atoms with Gasteiger partial charge in [0.25, 0.3) is 0 Å². The minimum Gasteiger partial charge on any atom is -0.330 e. The summed E-state index contributed by atoms with van der Waals surface area (Å²) in [7, 11) is 0. The highest BCUT2D eigenvalue weighted by atomic mass is 15.2. The molecule has 0 bridgehead atoms. The van der Waals surface area contributed by atoms with Crippen molar-refractivity contribution in [1.82, 2.24) is 4.90 Å². The van der Waals surface area contributed by atoms with E-state index in [0.29, 0.717) is 0 Å². The normalized spacial score (nSPS) is 39.0. The Labute approximate surface area is 93.2 Å². The molecule has 3 fully saturated rings. The van der Waals surface area contributed by atoms with Gasteiger partial charge in [-0.25, -0.2) is 0 Å². The SMILES string of the molecule is NCC1CC(C2CCCC2)N(C2CC2)C1. The van der Waals surface area contributed by atoms with Crippen LogP contribution in [-0.4, -0.2) is 30.1 Å². The van der Waals surface area contributed by atoms with Gasteiger partial charge in [0.2, 0.25) is 0 Å². The molecule has 1 saturated heterocycles. The second-order valence-corrected chi connectivity index (χ2v) is 5.88. The molecule has 1 aliphatic heterocycles. The third kappa shape index (κ3) is 1.94. The molecular formula is C13H24N2. The topological polar surface area (TPSA) is 29.3 Å². The summed E-state index contributed by atoms with van der Waals surface area (Å²) < 4.78 is 0. The second kappa shape index (κ2) is 4.06. The number of hydrogen-bond donors (Lipinski definition) is 1. The van der Waals surface area contributed by atoms with E-state index in [9.17, 15) is 0 Å². The highest BCUT2D eigenvalue weighted by Gasteiger charge is 2.43. The minimum absolute atomic E-state index is 0.802. The number of rotatable bonds is 3. The molecule has 2 unspecified atom stereocenters. The Hall–Kier alpha value is -0.0800. The van der Waals surface area contributed by atoms with Gasteiger partial charge < -0.3 is 5.73 Å². The summed E-state index contributed by atoms with van der Waals surface area (Å²) in [5.74, 6) is 1.82. The van der Waals surface area contributed by atoms with Crippen molar-refractivity contribution in [3.8, 4) is 0 Å². The van der Waals surface area contributed by atoms with Crippen molar-refractivity contribution in [3.63, 3.8) is 0 Å². The highest BCUT2D eigenvalue weighted by molar-refractivity contribution is 4.98. The molecule has 2 nitrogen and oxygen atoms in total. The van der Waals surface area contributed by atoms with Crippen molar-refractivity contribution in [1.29, 1.82) is 0 Å². The van der Waals surface area contributed by atoms with Gasteiger partial charge in [-0.1, -0.05) is 12.8 Å². The maximum Gasteiger partial charge on any atom is 0.0130 e. The third-order valence-electron chi connectivity index (χ3n) is 4.76. The molecule has 2 saturated carbocycles. The number of likely N-dealkylation sites (tertiary alicyclic amines) is 1. The van der Waals surface area contributed by atoms with Crippen molar-refractivity contribution in [3.05, 3.63) is 0 Å². The first-order valence-corrected chi connectivity index (χ1v) is 6.84. The minimum atomic E-state index is 0.802. The Kier molecular flexibility index (Phi) is 2.73. The van der Waals surface area contributed by atoms with Crippen LogP contribution in [0.3, 0.4) is 0 Å². The molecule has 2 N–H and O–H groups in total. The van der Waals surface area contributed by atoms with Crippen molar-refractivity contribution in [2.45, 2.75) is 57.0 Å². The average molecular weight is 208 g/mol. The first-order valence-electron chi connectivity index (χ1n) is 6.84. The predicted octanol–water partition coefficient (Wildman–Crippen LogP) is 1.99. The van der Waals surface area contributed by atoms with E-state index in [1.165, 1.54) is 51.5 Å². The van der Waals surface area contributed by atoms with Gasteiger partial charge in [-0.2, -0.15) is 0 Å². The fraction of sp³-hybridized carbons (Fsp3) is 1.00. The first kappa shape index (κ1) is 10.1. The number of nitrogens with two attached hydrogens (primary N) is 1. The molecule has 2 heteroatoms. The van der Waals surface area contributed by atoms with Crippen LogP contribution in [0.25, 0.3) is 0 Å². The van der Waals surface area contributed by atoms with Gasteiger partial charge in [0, 0.05) is 18.6 Å². The molecule has 0 amide bonds. The summed E-state index contributed by atoms with van der Waals surface area (Å²) in [5.41, 5.74) is 5.85. The van der Waals surface area contributed by atoms with Crippen LogP contribution in [0, 0.1) is 11.8 Å². The van der Waals surface area contributed by atoms with Crippen molar-refractivity contribution < 1.29 is 0 Å². The zero-order valence-electron chi connectivity index (χ0n) is 9.70. The number of hydrogen-bond acceptors (Lipinski definition) is 2. The van der Waals surface area contributed by atoms with Crippen LogP contribution in [0.4, 0.5) is 0 Å². The summed E-state index contributed by atoms with van der Waals surface area (Å²) in [6, 6.07) is 1.86. The predicted molar refractivity (Wildman–Crippen MR) is 62.6 cm³/mol. The van der Waals surface area contributed by atoms with Gasteiger partial charge in [0.15, 0.2) is 0 Å². The summed E-state index contributed by atoms with van der Waals surface area (Å²) in [5, 5.41) is 0. The largest absolute Gasteiger partial charge is 0.330 e. The molecule has 86 valence electrons. The number of nitrogens with zero attached hydrogens (tertiary/aromatic N) is 1. The molecule has 0 radical (unpaired) electrons. The molecule has 0 aromatic carbocycles. The van der Waals surface area contributed by atoms with E-state index in [0.717, 1.165) is 30.5 Å². The fourth-order valence-corrected chi connectivity index (χ4v) is 3.79. The highest BCUT2D eigenvalue weighted by Crippen LogP contribution is 2.42. The van der Waals surface area contributed by atoms with Crippen LogP contribution in [-0.2, 0) is 0 Å². The van der Waals surface area contributed by atoms with Crippen LogP contribution in [0.1, 0.15) is 44.9 Å². The van der Waals surface area contributed by atoms with Crippen LogP contribution in [0.15, 0.2) is 0 Å². The lowest BCUT2D eigenvalue weighted by atomic mass is 9.93. The summed E-state index contributed by atoms with van der Waals surface area (Å²) >= 11 is 0. The molecule has 0 aromatic rings.